The second-order valence-corrected chi connectivity index (χ2v) is 4.05. The first-order chi connectivity index (χ1) is 9.24. The highest BCUT2D eigenvalue weighted by molar-refractivity contribution is 5.84. The maximum absolute atomic E-state index is 11.5. The molecule has 0 unspecified atom stereocenters. The molecule has 0 aliphatic heterocycles. The van der Waals surface area contributed by atoms with Crippen molar-refractivity contribution in [3.63, 3.8) is 0 Å². The number of aromatic hydroxyl groups is 1. The van der Waals surface area contributed by atoms with Crippen molar-refractivity contribution in [1.82, 2.24) is 0 Å². The Morgan fingerprint density at radius 3 is 2.63 bits per heavy atom. The first kappa shape index (κ1) is 13.0. The van der Waals surface area contributed by atoms with Crippen LogP contribution in [0.25, 0.3) is 0 Å². The predicted octanol–water partition coefficient (Wildman–Crippen LogP) is 3.18. The number of benzene rings is 2. The van der Waals surface area contributed by atoms with Gasteiger partial charge in [-0.05, 0) is 17.7 Å². The van der Waals surface area contributed by atoms with Gasteiger partial charge in [0.25, 0.3) is 0 Å². The van der Waals surface area contributed by atoms with Crippen molar-refractivity contribution in [3.05, 3.63) is 60.2 Å². The fourth-order valence-electron chi connectivity index (χ4n) is 1.64. The zero-order chi connectivity index (χ0) is 13.5. The second kappa shape index (κ2) is 6.44. The lowest BCUT2D eigenvalue weighted by Gasteiger charge is -2.07. The van der Waals surface area contributed by atoms with Crippen LogP contribution in [0.5, 0.6) is 5.75 Å². The standard InChI is InChI=1S/C15H15NO3/c17-14-8-4-7-13(11-14)16-15(18)19-10-9-12-5-2-1-3-6-12/h1-8,11,17H,9-10H2,(H,16,18). The largest absolute Gasteiger partial charge is 0.508 e. The quantitative estimate of drug-likeness (QED) is 0.884. The van der Waals surface area contributed by atoms with E-state index >= 15 is 0 Å². The molecule has 0 radical (unpaired) electrons. The molecule has 0 aliphatic carbocycles. The molecular formula is C15H15NO3. The fraction of sp³-hybridized carbons (Fsp3) is 0.133. The van der Waals surface area contributed by atoms with Gasteiger partial charge in [-0.2, -0.15) is 0 Å². The number of rotatable bonds is 4. The molecule has 1 amide bonds. The highest BCUT2D eigenvalue weighted by Crippen LogP contribution is 2.15. The summed E-state index contributed by atoms with van der Waals surface area (Å²) in [6, 6.07) is 16.1. The molecule has 0 heterocycles. The van der Waals surface area contributed by atoms with E-state index in [0.717, 1.165) is 5.56 Å². The Bertz CT molecular complexity index is 540. The van der Waals surface area contributed by atoms with Crippen LogP contribution in [0.3, 0.4) is 0 Å². The average molecular weight is 257 g/mol. The van der Waals surface area contributed by atoms with Gasteiger partial charge in [0.2, 0.25) is 0 Å². The summed E-state index contributed by atoms with van der Waals surface area (Å²) in [5.41, 5.74) is 1.62. The maximum Gasteiger partial charge on any atom is 0.411 e. The minimum absolute atomic E-state index is 0.0992. The van der Waals surface area contributed by atoms with E-state index in [9.17, 15) is 9.90 Å². The summed E-state index contributed by atoms with van der Waals surface area (Å²) in [5.74, 6) is 0.0992. The summed E-state index contributed by atoms with van der Waals surface area (Å²) in [6.07, 6.45) is 0.149. The third-order valence-corrected chi connectivity index (χ3v) is 2.56. The fourth-order valence-corrected chi connectivity index (χ4v) is 1.64. The van der Waals surface area contributed by atoms with Crippen LogP contribution in [-0.2, 0) is 11.2 Å². The van der Waals surface area contributed by atoms with Crippen LogP contribution in [0.2, 0.25) is 0 Å². The monoisotopic (exact) mass is 257 g/mol. The van der Waals surface area contributed by atoms with E-state index in [0.29, 0.717) is 18.7 Å². The van der Waals surface area contributed by atoms with E-state index in [2.05, 4.69) is 5.32 Å². The van der Waals surface area contributed by atoms with Gasteiger partial charge in [0.05, 0.1) is 6.61 Å². The van der Waals surface area contributed by atoms with E-state index in [1.165, 1.54) is 12.1 Å². The Labute approximate surface area is 111 Å². The molecule has 0 spiro atoms. The van der Waals surface area contributed by atoms with E-state index in [4.69, 9.17) is 4.74 Å². The smallest absolute Gasteiger partial charge is 0.411 e. The van der Waals surface area contributed by atoms with Gasteiger partial charge in [0.1, 0.15) is 5.75 Å². The van der Waals surface area contributed by atoms with E-state index in [1.807, 2.05) is 30.3 Å². The van der Waals surface area contributed by atoms with E-state index in [1.54, 1.807) is 12.1 Å². The molecule has 19 heavy (non-hydrogen) atoms. The molecule has 2 aromatic carbocycles. The zero-order valence-electron chi connectivity index (χ0n) is 10.4. The van der Waals surface area contributed by atoms with Crippen molar-refractivity contribution >= 4 is 11.8 Å². The van der Waals surface area contributed by atoms with Crippen molar-refractivity contribution in [1.29, 1.82) is 0 Å². The van der Waals surface area contributed by atoms with Crippen LogP contribution >= 0.6 is 0 Å². The van der Waals surface area contributed by atoms with Gasteiger partial charge in [-0.1, -0.05) is 36.4 Å². The summed E-state index contributed by atoms with van der Waals surface area (Å²) in [4.78, 5) is 11.5. The normalized spacial score (nSPS) is 9.89. The molecule has 0 fully saturated rings. The topological polar surface area (TPSA) is 58.6 Å². The minimum atomic E-state index is -0.526. The lowest BCUT2D eigenvalue weighted by molar-refractivity contribution is 0.163. The van der Waals surface area contributed by atoms with Crippen LogP contribution in [0.1, 0.15) is 5.56 Å². The first-order valence-corrected chi connectivity index (χ1v) is 6.01. The molecule has 4 heteroatoms. The van der Waals surface area contributed by atoms with Crippen LogP contribution in [-0.4, -0.2) is 17.8 Å². The van der Waals surface area contributed by atoms with Crippen LogP contribution in [0.15, 0.2) is 54.6 Å². The van der Waals surface area contributed by atoms with Crippen LogP contribution in [0, 0.1) is 0 Å². The maximum atomic E-state index is 11.5. The zero-order valence-corrected chi connectivity index (χ0v) is 10.4. The number of phenolic OH excluding ortho intramolecular Hbond substituents is 1. The molecule has 2 aromatic rings. The van der Waals surface area contributed by atoms with Crippen molar-refractivity contribution < 1.29 is 14.6 Å². The van der Waals surface area contributed by atoms with Gasteiger partial charge >= 0.3 is 6.09 Å². The summed E-state index contributed by atoms with van der Waals surface area (Å²) in [5, 5.41) is 11.8. The lowest BCUT2D eigenvalue weighted by Crippen LogP contribution is -2.15. The molecule has 2 rings (SSSR count). The number of phenols is 1. The Kier molecular flexibility index (Phi) is 4.39. The Balaban J connectivity index is 1.76. The second-order valence-electron chi connectivity index (χ2n) is 4.05. The van der Waals surface area contributed by atoms with E-state index < -0.39 is 6.09 Å². The third kappa shape index (κ3) is 4.35. The molecule has 0 bridgehead atoms. The van der Waals surface area contributed by atoms with Crippen molar-refractivity contribution in [2.75, 3.05) is 11.9 Å². The van der Waals surface area contributed by atoms with Gasteiger partial charge in [0, 0.05) is 18.2 Å². The van der Waals surface area contributed by atoms with Gasteiger partial charge < -0.3 is 9.84 Å². The Morgan fingerprint density at radius 1 is 1.11 bits per heavy atom. The van der Waals surface area contributed by atoms with Gasteiger partial charge in [-0.3, -0.25) is 5.32 Å². The summed E-state index contributed by atoms with van der Waals surface area (Å²) >= 11 is 0. The molecule has 98 valence electrons. The molecule has 0 aliphatic rings. The third-order valence-electron chi connectivity index (χ3n) is 2.56. The molecule has 0 atom stereocenters. The Hall–Kier alpha value is -2.49. The molecule has 0 aromatic heterocycles. The van der Waals surface area contributed by atoms with Crippen molar-refractivity contribution in [2.45, 2.75) is 6.42 Å². The SMILES string of the molecule is O=C(Nc1cccc(O)c1)OCCc1ccccc1. The van der Waals surface area contributed by atoms with E-state index in [-0.39, 0.29) is 5.75 Å². The minimum Gasteiger partial charge on any atom is -0.508 e. The summed E-state index contributed by atoms with van der Waals surface area (Å²) in [7, 11) is 0. The lowest BCUT2D eigenvalue weighted by atomic mass is 10.2. The number of carbonyl (C=O) groups excluding carboxylic acids is 1. The highest BCUT2D eigenvalue weighted by Gasteiger charge is 2.03. The van der Waals surface area contributed by atoms with Gasteiger partial charge in [-0.15, -0.1) is 0 Å². The number of amides is 1. The molecule has 4 nitrogen and oxygen atoms in total. The average Bonchev–Trinajstić information content (AvgIpc) is 2.40. The van der Waals surface area contributed by atoms with Crippen LogP contribution < -0.4 is 5.32 Å². The van der Waals surface area contributed by atoms with Gasteiger partial charge in [0.15, 0.2) is 0 Å². The number of hydrogen-bond acceptors (Lipinski definition) is 3. The number of ether oxygens (including phenoxy) is 1. The van der Waals surface area contributed by atoms with Crippen LogP contribution in [0.4, 0.5) is 10.5 Å². The molecular weight excluding hydrogens is 242 g/mol. The number of nitrogens with one attached hydrogen (secondary N) is 1. The summed E-state index contributed by atoms with van der Waals surface area (Å²) < 4.78 is 5.06. The number of hydrogen-bond donors (Lipinski definition) is 2. The number of carbonyl (C=O) groups is 1. The Morgan fingerprint density at radius 2 is 1.89 bits per heavy atom. The van der Waals surface area contributed by atoms with Crippen molar-refractivity contribution in [3.8, 4) is 5.75 Å². The highest BCUT2D eigenvalue weighted by atomic mass is 16.5. The predicted molar refractivity (Wildman–Crippen MR) is 73.2 cm³/mol. The number of anilines is 1. The molecule has 0 saturated heterocycles. The first-order valence-electron chi connectivity index (χ1n) is 6.01. The van der Waals surface area contributed by atoms with Gasteiger partial charge in [-0.25, -0.2) is 4.79 Å². The molecule has 2 N–H and O–H groups in total. The molecule has 0 saturated carbocycles. The summed E-state index contributed by atoms with van der Waals surface area (Å²) in [6.45, 7) is 0.314. The van der Waals surface area contributed by atoms with Crippen molar-refractivity contribution in [2.24, 2.45) is 0 Å².